The normalized spacial score (nSPS) is 22.7. The van der Waals surface area contributed by atoms with Crippen molar-refractivity contribution in [3.05, 3.63) is 35.9 Å². The maximum Gasteiger partial charge on any atom is 0.237 e. The fraction of sp³-hybridized carbons (Fsp3) is 0.611. The first-order valence-corrected chi connectivity index (χ1v) is 8.22. The van der Waals surface area contributed by atoms with Crippen molar-refractivity contribution in [1.29, 1.82) is 0 Å². The quantitative estimate of drug-likeness (QED) is 0.810. The van der Waals surface area contributed by atoms with Crippen LogP contribution in [-0.2, 0) is 16.0 Å². The summed E-state index contributed by atoms with van der Waals surface area (Å²) in [6, 6.07) is 9.95. The highest BCUT2D eigenvalue weighted by Crippen LogP contribution is 2.26. The molecule has 1 aromatic rings. The second kappa shape index (κ2) is 8.30. The zero-order chi connectivity index (χ0) is 15.9. The minimum absolute atomic E-state index is 0.0452. The number of carbonyl (C=O) groups is 1. The summed E-state index contributed by atoms with van der Waals surface area (Å²) in [5.41, 5.74) is 1.17. The van der Waals surface area contributed by atoms with Gasteiger partial charge in [-0.2, -0.15) is 0 Å². The zero-order valence-electron chi connectivity index (χ0n) is 13.8. The van der Waals surface area contributed by atoms with Crippen molar-refractivity contribution in [2.24, 2.45) is 11.8 Å². The Hall–Kier alpha value is -1.39. The second-order valence-corrected chi connectivity index (χ2v) is 6.39. The van der Waals surface area contributed by atoms with Crippen molar-refractivity contribution in [1.82, 2.24) is 10.6 Å². The van der Waals surface area contributed by atoms with Crippen molar-refractivity contribution < 1.29 is 9.53 Å². The lowest BCUT2D eigenvalue weighted by molar-refractivity contribution is -0.122. The molecule has 1 fully saturated rings. The van der Waals surface area contributed by atoms with E-state index in [1.165, 1.54) is 5.56 Å². The zero-order valence-corrected chi connectivity index (χ0v) is 13.8. The molecule has 0 bridgehead atoms. The summed E-state index contributed by atoms with van der Waals surface area (Å²) >= 11 is 0. The average molecular weight is 304 g/mol. The first-order valence-electron chi connectivity index (χ1n) is 8.22. The standard InChI is InChI=1S/C18H28N2O2/c1-13(2)17-15(9-10-22-17)12-20-16(18(21)19-3)11-14-7-5-4-6-8-14/h4-8,13,15-17,20H,9-12H2,1-3H3,(H,19,21)/t15-,16-,17-/m1/s1. The van der Waals surface area contributed by atoms with E-state index in [2.05, 4.69) is 36.6 Å². The van der Waals surface area contributed by atoms with Gasteiger partial charge in [0.05, 0.1) is 12.1 Å². The van der Waals surface area contributed by atoms with Crippen molar-refractivity contribution in [3.63, 3.8) is 0 Å². The molecule has 2 rings (SSSR count). The van der Waals surface area contributed by atoms with Gasteiger partial charge < -0.3 is 15.4 Å². The van der Waals surface area contributed by atoms with Crippen molar-refractivity contribution in [2.75, 3.05) is 20.2 Å². The van der Waals surface area contributed by atoms with E-state index in [0.29, 0.717) is 24.4 Å². The fourth-order valence-corrected chi connectivity index (χ4v) is 3.19. The number of likely N-dealkylation sites (N-methyl/N-ethyl adjacent to an activating group) is 1. The van der Waals surface area contributed by atoms with Crippen LogP contribution in [0.15, 0.2) is 30.3 Å². The van der Waals surface area contributed by atoms with Gasteiger partial charge >= 0.3 is 0 Å². The molecule has 0 saturated carbocycles. The van der Waals surface area contributed by atoms with E-state index >= 15 is 0 Å². The van der Waals surface area contributed by atoms with Crippen LogP contribution in [0.1, 0.15) is 25.8 Å². The SMILES string of the molecule is CNC(=O)[C@@H](Cc1ccccc1)NC[C@H]1CCO[C@@H]1C(C)C. The van der Waals surface area contributed by atoms with Crippen molar-refractivity contribution >= 4 is 5.91 Å². The van der Waals surface area contributed by atoms with E-state index in [9.17, 15) is 4.79 Å². The average Bonchev–Trinajstić information content (AvgIpc) is 3.00. The molecule has 122 valence electrons. The van der Waals surface area contributed by atoms with Crippen LogP contribution in [0.4, 0.5) is 0 Å². The summed E-state index contributed by atoms with van der Waals surface area (Å²) in [7, 11) is 1.69. The van der Waals surface area contributed by atoms with E-state index in [4.69, 9.17) is 4.74 Å². The molecule has 0 unspecified atom stereocenters. The molecule has 1 saturated heterocycles. The summed E-state index contributed by atoms with van der Waals surface area (Å²) in [4.78, 5) is 12.1. The van der Waals surface area contributed by atoms with E-state index < -0.39 is 0 Å². The van der Waals surface area contributed by atoms with Crippen molar-refractivity contribution in [3.8, 4) is 0 Å². The van der Waals surface area contributed by atoms with E-state index in [-0.39, 0.29) is 11.9 Å². The third-order valence-corrected chi connectivity index (χ3v) is 4.39. The van der Waals surface area contributed by atoms with E-state index in [0.717, 1.165) is 19.6 Å². The summed E-state index contributed by atoms with van der Waals surface area (Å²) < 4.78 is 5.82. The van der Waals surface area contributed by atoms with Crippen LogP contribution in [0, 0.1) is 11.8 Å². The van der Waals surface area contributed by atoms with Gasteiger partial charge in [0.1, 0.15) is 0 Å². The molecule has 1 heterocycles. The maximum atomic E-state index is 12.1. The molecule has 1 amide bonds. The molecular weight excluding hydrogens is 276 g/mol. The first kappa shape index (κ1) is 17.0. The minimum atomic E-state index is -0.194. The number of amides is 1. The summed E-state index contributed by atoms with van der Waals surface area (Å²) in [5.74, 6) is 1.05. The first-order chi connectivity index (χ1) is 10.6. The van der Waals surface area contributed by atoms with Crippen LogP contribution in [-0.4, -0.2) is 38.3 Å². The Morgan fingerprint density at radius 3 is 2.68 bits per heavy atom. The Bertz CT molecular complexity index is 461. The molecule has 1 aliphatic heterocycles. The molecule has 1 aromatic carbocycles. The van der Waals surface area contributed by atoms with Gasteiger partial charge in [-0.25, -0.2) is 0 Å². The maximum absolute atomic E-state index is 12.1. The summed E-state index contributed by atoms with van der Waals surface area (Å²) in [5, 5.41) is 6.22. The lowest BCUT2D eigenvalue weighted by Crippen LogP contribution is -2.47. The third kappa shape index (κ3) is 4.55. The number of nitrogens with one attached hydrogen (secondary N) is 2. The Labute approximate surface area is 133 Å². The van der Waals surface area contributed by atoms with Gasteiger partial charge in [-0.1, -0.05) is 44.2 Å². The van der Waals surface area contributed by atoms with Crippen LogP contribution in [0.5, 0.6) is 0 Å². The minimum Gasteiger partial charge on any atom is -0.378 e. The predicted octanol–water partition coefficient (Wildman–Crippen LogP) is 1.99. The molecule has 0 aromatic heterocycles. The summed E-state index contributed by atoms with van der Waals surface area (Å²) in [6.45, 7) is 6.05. The molecule has 2 N–H and O–H groups in total. The largest absolute Gasteiger partial charge is 0.378 e. The molecule has 0 spiro atoms. The van der Waals surface area contributed by atoms with Crippen LogP contribution in [0.2, 0.25) is 0 Å². The molecule has 3 atom stereocenters. The van der Waals surface area contributed by atoms with Crippen LogP contribution in [0.25, 0.3) is 0 Å². The van der Waals surface area contributed by atoms with Gasteiger partial charge in [0, 0.05) is 26.1 Å². The van der Waals surface area contributed by atoms with Crippen LogP contribution in [0.3, 0.4) is 0 Å². The molecule has 1 aliphatic rings. The highest BCUT2D eigenvalue weighted by atomic mass is 16.5. The third-order valence-electron chi connectivity index (χ3n) is 4.39. The number of benzene rings is 1. The Morgan fingerprint density at radius 1 is 1.32 bits per heavy atom. The predicted molar refractivity (Wildman–Crippen MR) is 88.7 cm³/mol. The van der Waals surface area contributed by atoms with Gasteiger partial charge in [0.25, 0.3) is 0 Å². The van der Waals surface area contributed by atoms with E-state index in [1.807, 2.05) is 18.2 Å². The van der Waals surface area contributed by atoms with Crippen molar-refractivity contribution in [2.45, 2.75) is 38.8 Å². The molecule has 0 radical (unpaired) electrons. The lowest BCUT2D eigenvalue weighted by Gasteiger charge is -2.25. The van der Waals surface area contributed by atoms with Gasteiger partial charge in [0.2, 0.25) is 5.91 Å². The van der Waals surface area contributed by atoms with E-state index in [1.54, 1.807) is 7.05 Å². The molecular formula is C18H28N2O2. The Balaban J connectivity index is 1.94. The highest BCUT2D eigenvalue weighted by molar-refractivity contribution is 5.81. The number of hydrogen-bond acceptors (Lipinski definition) is 3. The molecule has 4 heteroatoms. The second-order valence-electron chi connectivity index (χ2n) is 6.39. The molecule has 4 nitrogen and oxygen atoms in total. The van der Waals surface area contributed by atoms with Gasteiger partial charge in [-0.15, -0.1) is 0 Å². The Morgan fingerprint density at radius 2 is 2.05 bits per heavy atom. The Kier molecular flexibility index (Phi) is 6.40. The fourth-order valence-electron chi connectivity index (χ4n) is 3.19. The van der Waals surface area contributed by atoms with Gasteiger partial charge in [-0.3, -0.25) is 4.79 Å². The lowest BCUT2D eigenvalue weighted by atomic mass is 9.92. The number of rotatable bonds is 7. The van der Waals surface area contributed by atoms with Gasteiger partial charge in [-0.05, 0) is 24.3 Å². The number of ether oxygens (including phenoxy) is 1. The van der Waals surface area contributed by atoms with Gasteiger partial charge in [0.15, 0.2) is 0 Å². The topological polar surface area (TPSA) is 50.4 Å². The summed E-state index contributed by atoms with van der Waals surface area (Å²) in [6.07, 6.45) is 2.08. The van der Waals surface area contributed by atoms with Crippen LogP contribution >= 0.6 is 0 Å². The monoisotopic (exact) mass is 304 g/mol. The number of hydrogen-bond donors (Lipinski definition) is 2. The molecule has 0 aliphatic carbocycles. The highest BCUT2D eigenvalue weighted by Gasteiger charge is 2.31. The smallest absolute Gasteiger partial charge is 0.237 e. The number of carbonyl (C=O) groups excluding carboxylic acids is 1. The van der Waals surface area contributed by atoms with Crippen LogP contribution < -0.4 is 10.6 Å². The molecule has 22 heavy (non-hydrogen) atoms.